The molecule has 0 aliphatic carbocycles. The van der Waals surface area contributed by atoms with Crippen molar-refractivity contribution in [1.29, 1.82) is 0 Å². The molecule has 7 nitrogen and oxygen atoms in total. The molecule has 4 rings (SSSR count). The molecule has 0 saturated carbocycles. The molecular weight excluding hydrogens is 347 g/mol. The topological polar surface area (TPSA) is 106 Å². The van der Waals surface area contributed by atoms with Crippen molar-refractivity contribution in [2.45, 2.75) is 31.0 Å². The van der Waals surface area contributed by atoms with E-state index in [9.17, 15) is 10.2 Å². The first-order chi connectivity index (χ1) is 11.9. The van der Waals surface area contributed by atoms with E-state index in [1.165, 1.54) is 29.2 Å². The van der Waals surface area contributed by atoms with Crippen molar-refractivity contribution in [2.75, 3.05) is 12.3 Å². The molecule has 25 heavy (non-hydrogen) atoms. The molecule has 0 radical (unpaired) electrons. The van der Waals surface area contributed by atoms with Crippen molar-refractivity contribution in [3.05, 3.63) is 30.0 Å². The van der Waals surface area contributed by atoms with E-state index in [-0.39, 0.29) is 5.82 Å². The van der Waals surface area contributed by atoms with Gasteiger partial charge >= 0.3 is 0 Å². The molecule has 4 N–H and O–H groups in total. The Morgan fingerprint density at radius 1 is 1.48 bits per heavy atom. The summed E-state index contributed by atoms with van der Waals surface area (Å²) in [6.45, 7) is 0.768. The number of nitrogens with two attached hydrogens (primary N) is 1. The Morgan fingerprint density at radius 3 is 2.92 bits per heavy atom. The highest BCUT2D eigenvalue weighted by Gasteiger charge is 2.55. The van der Waals surface area contributed by atoms with Crippen molar-refractivity contribution in [2.24, 2.45) is 0 Å². The maximum absolute atomic E-state index is 15.2. The van der Waals surface area contributed by atoms with Crippen molar-refractivity contribution >= 4 is 28.2 Å². The maximum atomic E-state index is 15.2. The lowest BCUT2D eigenvalue weighted by Gasteiger charge is -2.25. The average Bonchev–Trinajstić information content (AvgIpc) is 3.27. The van der Waals surface area contributed by atoms with Crippen LogP contribution in [0, 0.1) is 0 Å². The highest BCUT2D eigenvalue weighted by atomic mass is 32.1. The third-order valence-corrected chi connectivity index (χ3v) is 5.48. The SMILES string of the molecule is C[C@@]1(F)C(O)C(CO)O[C@H]1n1cc(-c2cccs2)c2c(N)ncnc21. The molecule has 3 aromatic heterocycles. The lowest BCUT2D eigenvalue weighted by molar-refractivity contribution is -0.0563. The molecule has 1 aliphatic heterocycles. The maximum Gasteiger partial charge on any atom is 0.181 e. The van der Waals surface area contributed by atoms with Crippen LogP contribution >= 0.6 is 11.3 Å². The first-order valence-electron chi connectivity index (χ1n) is 7.73. The van der Waals surface area contributed by atoms with E-state index in [4.69, 9.17) is 10.5 Å². The number of aliphatic hydroxyl groups excluding tert-OH is 2. The number of nitrogens with zero attached hydrogens (tertiary/aromatic N) is 3. The summed E-state index contributed by atoms with van der Waals surface area (Å²) in [6, 6.07) is 3.83. The Bertz CT molecular complexity index is 912. The summed E-state index contributed by atoms with van der Waals surface area (Å²) in [5.74, 6) is 0.282. The molecule has 3 aromatic rings. The minimum Gasteiger partial charge on any atom is -0.394 e. The van der Waals surface area contributed by atoms with Crippen LogP contribution in [0.15, 0.2) is 30.0 Å². The van der Waals surface area contributed by atoms with Gasteiger partial charge in [0.1, 0.15) is 30.0 Å². The number of alkyl halides is 1. The summed E-state index contributed by atoms with van der Waals surface area (Å²) in [7, 11) is 0. The zero-order valence-corrected chi connectivity index (χ0v) is 14.2. The number of anilines is 1. The first-order valence-corrected chi connectivity index (χ1v) is 8.61. The Balaban J connectivity index is 1.93. The van der Waals surface area contributed by atoms with Gasteiger partial charge in [0.15, 0.2) is 11.9 Å². The van der Waals surface area contributed by atoms with Crippen LogP contribution in [0.3, 0.4) is 0 Å². The van der Waals surface area contributed by atoms with Gasteiger partial charge < -0.3 is 25.3 Å². The molecule has 2 unspecified atom stereocenters. The van der Waals surface area contributed by atoms with Crippen LogP contribution in [0.25, 0.3) is 21.5 Å². The largest absolute Gasteiger partial charge is 0.394 e. The summed E-state index contributed by atoms with van der Waals surface area (Å²) < 4.78 is 22.3. The normalized spacial score (nSPS) is 29.5. The number of thiophene rings is 1. The second-order valence-corrected chi connectivity index (χ2v) is 7.14. The highest BCUT2D eigenvalue weighted by Crippen LogP contribution is 2.45. The molecule has 0 aromatic carbocycles. The van der Waals surface area contributed by atoms with Gasteiger partial charge in [-0.1, -0.05) is 6.07 Å². The summed E-state index contributed by atoms with van der Waals surface area (Å²) in [6.07, 6.45) is -0.607. The summed E-state index contributed by atoms with van der Waals surface area (Å²) >= 11 is 1.51. The van der Waals surface area contributed by atoms with E-state index in [0.29, 0.717) is 11.0 Å². The molecule has 132 valence electrons. The number of nitrogen functional groups attached to an aromatic ring is 1. The molecule has 4 atom stereocenters. The molecule has 0 bridgehead atoms. The minimum atomic E-state index is -2.11. The van der Waals surface area contributed by atoms with Gasteiger partial charge in [-0.05, 0) is 18.4 Å². The van der Waals surface area contributed by atoms with E-state index in [0.717, 1.165) is 10.4 Å². The quantitative estimate of drug-likeness (QED) is 0.653. The van der Waals surface area contributed by atoms with Gasteiger partial charge in [-0.25, -0.2) is 14.4 Å². The fraction of sp³-hybridized carbons (Fsp3) is 0.375. The van der Waals surface area contributed by atoms with Crippen LogP contribution in [0.4, 0.5) is 10.2 Å². The third kappa shape index (κ3) is 2.35. The number of aliphatic hydroxyl groups is 2. The highest BCUT2D eigenvalue weighted by molar-refractivity contribution is 7.13. The fourth-order valence-electron chi connectivity index (χ4n) is 3.27. The van der Waals surface area contributed by atoms with Crippen LogP contribution in [0.2, 0.25) is 0 Å². The Kier molecular flexibility index (Phi) is 3.76. The van der Waals surface area contributed by atoms with E-state index in [1.807, 2.05) is 17.5 Å². The lowest BCUT2D eigenvalue weighted by Crippen LogP contribution is -2.40. The zero-order chi connectivity index (χ0) is 17.8. The van der Waals surface area contributed by atoms with E-state index < -0.39 is 30.7 Å². The van der Waals surface area contributed by atoms with Crippen LogP contribution in [0.5, 0.6) is 0 Å². The van der Waals surface area contributed by atoms with E-state index in [1.54, 1.807) is 6.20 Å². The summed E-state index contributed by atoms with van der Waals surface area (Å²) in [5, 5.41) is 22.0. The van der Waals surface area contributed by atoms with Gasteiger partial charge in [0.05, 0.1) is 12.0 Å². The smallest absolute Gasteiger partial charge is 0.181 e. The number of rotatable bonds is 3. The number of ether oxygens (including phenoxy) is 1. The molecule has 1 saturated heterocycles. The number of hydrogen-bond acceptors (Lipinski definition) is 7. The average molecular weight is 364 g/mol. The minimum absolute atomic E-state index is 0.282. The molecule has 9 heteroatoms. The number of aromatic nitrogens is 3. The second kappa shape index (κ2) is 5.73. The van der Waals surface area contributed by atoms with Crippen LogP contribution in [-0.2, 0) is 4.74 Å². The lowest BCUT2D eigenvalue weighted by atomic mass is 9.98. The Labute approximate surface area is 146 Å². The molecular formula is C16H17FN4O3S. The van der Waals surface area contributed by atoms with Gasteiger partial charge in [0.25, 0.3) is 0 Å². The monoisotopic (exact) mass is 364 g/mol. The fourth-order valence-corrected chi connectivity index (χ4v) is 4.01. The third-order valence-electron chi connectivity index (χ3n) is 4.57. The molecule has 0 spiro atoms. The van der Waals surface area contributed by atoms with E-state index >= 15 is 4.39 Å². The zero-order valence-electron chi connectivity index (χ0n) is 13.3. The van der Waals surface area contributed by atoms with Gasteiger partial charge in [-0.2, -0.15) is 0 Å². The number of hydrogen-bond donors (Lipinski definition) is 3. The van der Waals surface area contributed by atoms with Gasteiger partial charge in [0.2, 0.25) is 0 Å². The summed E-state index contributed by atoms with van der Waals surface area (Å²) in [4.78, 5) is 9.21. The van der Waals surface area contributed by atoms with Crippen molar-refractivity contribution in [1.82, 2.24) is 14.5 Å². The van der Waals surface area contributed by atoms with Gasteiger partial charge in [0, 0.05) is 16.6 Å². The van der Waals surface area contributed by atoms with Crippen LogP contribution < -0.4 is 5.73 Å². The second-order valence-electron chi connectivity index (χ2n) is 6.19. The van der Waals surface area contributed by atoms with Crippen molar-refractivity contribution in [3.63, 3.8) is 0 Å². The van der Waals surface area contributed by atoms with Gasteiger partial charge in [-0.15, -0.1) is 11.3 Å². The molecule has 0 amide bonds. The number of fused-ring (bicyclic) bond motifs is 1. The van der Waals surface area contributed by atoms with Crippen molar-refractivity contribution in [3.8, 4) is 10.4 Å². The summed E-state index contributed by atoms with van der Waals surface area (Å²) in [5.41, 5.74) is 5.11. The Hall–Kier alpha value is -2.07. The first kappa shape index (κ1) is 16.4. The molecule has 1 fully saturated rings. The molecule has 1 aliphatic rings. The predicted octanol–water partition coefficient (Wildman–Crippen LogP) is 1.72. The van der Waals surface area contributed by atoms with Crippen LogP contribution in [-0.4, -0.2) is 49.2 Å². The predicted molar refractivity (Wildman–Crippen MR) is 91.8 cm³/mol. The molecule has 4 heterocycles. The van der Waals surface area contributed by atoms with Crippen LogP contribution in [0.1, 0.15) is 13.2 Å². The van der Waals surface area contributed by atoms with Gasteiger partial charge in [-0.3, -0.25) is 0 Å². The van der Waals surface area contributed by atoms with Crippen molar-refractivity contribution < 1.29 is 19.3 Å². The Morgan fingerprint density at radius 2 is 2.28 bits per heavy atom. The standard InChI is InChI=1S/C16H17FN4O3S/c1-16(17)12(23)9(6-22)24-15(16)21-5-8(10-3-2-4-25-10)11-13(18)19-7-20-14(11)21/h2-5,7,9,12,15,22-23H,6H2,1H3,(H2,18,19,20)/t9?,12?,15-,16-/m1/s1. The van der Waals surface area contributed by atoms with E-state index in [2.05, 4.69) is 9.97 Å². The number of halogens is 1.